The minimum Gasteiger partial charge on any atom is -0.456 e. The summed E-state index contributed by atoms with van der Waals surface area (Å²) in [5, 5.41) is 23.6. The van der Waals surface area contributed by atoms with Crippen LogP contribution in [0.15, 0.2) is 394 Å². The normalized spacial score (nSPS) is 12.4. The molecule has 28 rings (SSSR count). The van der Waals surface area contributed by atoms with Crippen LogP contribution in [0.2, 0.25) is 0 Å². The van der Waals surface area contributed by atoms with Crippen LogP contribution in [0.25, 0.3) is 264 Å². The van der Waals surface area contributed by atoms with Gasteiger partial charge < -0.3 is 35.9 Å². The maximum atomic E-state index is 6.64. The summed E-state index contributed by atoms with van der Waals surface area (Å²) >= 11 is 0. The highest BCUT2D eigenvalue weighted by Crippen LogP contribution is 2.52. The molecule has 27 aromatic rings. The van der Waals surface area contributed by atoms with E-state index in [1.165, 1.54) is 97.9 Å². The van der Waals surface area contributed by atoms with E-state index in [2.05, 4.69) is 382 Å². The highest BCUT2D eigenvalue weighted by molar-refractivity contribution is 6.25. The van der Waals surface area contributed by atoms with Gasteiger partial charge in [0.1, 0.15) is 44.7 Å². The molecule has 0 unspecified atom stereocenters. The molecular formula is C110H62N4O4. The largest absolute Gasteiger partial charge is 0.456 e. The van der Waals surface area contributed by atoms with E-state index in [0.29, 0.717) is 0 Å². The molecule has 0 atom stereocenters. The SMILES string of the molecule is c1ccc(-n2c3ccccc3c3cc4c(cc32)oc2ccc(-c3ccc5c(c3)c3cc6c(cc3n5-c3ccc5c7c(cccc37)-c3ccccc3-5)oc3ccccc36)cc24)cc1.c1ccc(-n2c3ccccc3c3cc4c(cc32)oc2ccc(-c3ccc5c(c3)c3cc6c(cc3n5-c3ccc5ccccc5c3)oc3ccccc36)cc24)cc1. The molecule has 0 fully saturated rings. The molecule has 546 valence electrons. The van der Waals surface area contributed by atoms with Gasteiger partial charge in [-0.1, -0.05) is 212 Å². The van der Waals surface area contributed by atoms with E-state index in [1.807, 2.05) is 12.1 Å². The Morgan fingerprint density at radius 2 is 0.500 bits per heavy atom. The zero-order valence-corrected chi connectivity index (χ0v) is 63.2. The van der Waals surface area contributed by atoms with Gasteiger partial charge in [0.2, 0.25) is 0 Å². The Morgan fingerprint density at radius 3 is 1.03 bits per heavy atom. The van der Waals surface area contributed by atoms with Gasteiger partial charge in [0.05, 0.1) is 49.8 Å². The van der Waals surface area contributed by atoms with Crippen LogP contribution in [0, 0.1) is 0 Å². The van der Waals surface area contributed by atoms with E-state index in [4.69, 9.17) is 17.7 Å². The number of aromatic nitrogens is 4. The lowest BCUT2D eigenvalue weighted by Crippen LogP contribution is -1.96. The Labute approximate surface area is 671 Å². The van der Waals surface area contributed by atoms with Crippen LogP contribution in [-0.2, 0) is 0 Å². The molecule has 0 spiro atoms. The van der Waals surface area contributed by atoms with Crippen molar-refractivity contribution in [2.45, 2.75) is 0 Å². The standard InChI is InChI=1S/C58H32N2O2.C52H30N2O2/c1-2-11-35(12-3-1)59-49-19-8-6-15-38(49)44-29-48-46-28-34(22-26-55(46)62-57(48)31-52(44)59)33-21-24-51-43(27-33)45-30-47-39-16-7-9-20-54(39)61-56(47)32-53(45)60(51)50-25-23-41-37-14-5-4-13-36(37)40-17-10-18-42(50)58(40)41;1-2-12-35(13-3-1)53-45-16-8-6-14-37(45)40-27-44-42-26-34(20-23-50(42)56-52(44)29-47(40)53)33-19-22-46-39(25-33)41-28-43-38-15-7-9-17-49(38)55-51(43)30-48(41)54(46)36-21-18-31-10-4-5-11-32(31)24-36/h1-32H;1-30H. The second-order valence-electron chi connectivity index (χ2n) is 31.7. The maximum Gasteiger partial charge on any atom is 0.137 e. The van der Waals surface area contributed by atoms with Crippen molar-refractivity contribution < 1.29 is 17.7 Å². The number of nitrogens with zero attached hydrogens (tertiary/aromatic N) is 4. The third-order valence-electron chi connectivity index (χ3n) is 25.5. The highest BCUT2D eigenvalue weighted by atomic mass is 16.3. The Hall–Kier alpha value is -15.9. The quantitative estimate of drug-likeness (QED) is 0.166. The van der Waals surface area contributed by atoms with Crippen molar-refractivity contribution in [1.82, 2.24) is 18.3 Å². The molecule has 8 nitrogen and oxygen atoms in total. The van der Waals surface area contributed by atoms with E-state index in [9.17, 15) is 0 Å². The number of benzene rings is 19. The van der Waals surface area contributed by atoms with Crippen LogP contribution in [0.1, 0.15) is 0 Å². The molecule has 19 aromatic carbocycles. The predicted molar refractivity (Wildman–Crippen MR) is 490 cm³/mol. The molecule has 118 heavy (non-hydrogen) atoms. The summed E-state index contributed by atoms with van der Waals surface area (Å²) in [6.07, 6.45) is 0. The molecule has 8 heterocycles. The van der Waals surface area contributed by atoms with Crippen LogP contribution >= 0.6 is 0 Å². The summed E-state index contributed by atoms with van der Waals surface area (Å²) in [5.74, 6) is 0. The topological polar surface area (TPSA) is 72.3 Å². The number of fused-ring (bicyclic) bond motifs is 28. The lowest BCUT2D eigenvalue weighted by Gasteiger charge is -2.13. The summed E-state index contributed by atoms with van der Waals surface area (Å²) in [5.41, 5.74) is 30.6. The van der Waals surface area contributed by atoms with Crippen LogP contribution < -0.4 is 0 Å². The summed E-state index contributed by atoms with van der Waals surface area (Å²) in [4.78, 5) is 0. The first kappa shape index (κ1) is 63.6. The van der Waals surface area contributed by atoms with Crippen LogP contribution in [-0.4, -0.2) is 18.3 Å². The molecule has 1 aliphatic carbocycles. The molecule has 0 amide bonds. The lowest BCUT2D eigenvalue weighted by molar-refractivity contribution is 0.669. The summed E-state index contributed by atoms with van der Waals surface area (Å²) in [6, 6.07) is 136. The Balaban J connectivity index is 0.000000126. The third-order valence-corrected chi connectivity index (χ3v) is 25.5. The van der Waals surface area contributed by atoms with E-state index >= 15 is 0 Å². The fourth-order valence-corrected chi connectivity index (χ4v) is 20.2. The number of hydrogen-bond acceptors (Lipinski definition) is 4. The second-order valence-corrected chi connectivity index (χ2v) is 31.7. The molecular weight excluding hydrogens is 1440 g/mol. The summed E-state index contributed by atoms with van der Waals surface area (Å²) < 4.78 is 35.7. The molecule has 8 aromatic heterocycles. The molecule has 8 heteroatoms. The van der Waals surface area contributed by atoms with Crippen LogP contribution in [0.5, 0.6) is 0 Å². The lowest BCUT2D eigenvalue weighted by atomic mass is 9.99. The van der Waals surface area contributed by atoms with Gasteiger partial charge in [0.25, 0.3) is 0 Å². The third kappa shape index (κ3) is 9.02. The van der Waals surface area contributed by atoms with Crippen LogP contribution in [0.3, 0.4) is 0 Å². The maximum absolute atomic E-state index is 6.64. The molecule has 0 saturated heterocycles. The Morgan fingerprint density at radius 1 is 0.153 bits per heavy atom. The van der Waals surface area contributed by atoms with Crippen molar-refractivity contribution in [2.24, 2.45) is 0 Å². The molecule has 0 saturated carbocycles. The van der Waals surface area contributed by atoms with Gasteiger partial charge in [-0.2, -0.15) is 0 Å². The van der Waals surface area contributed by atoms with Crippen molar-refractivity contribution in [3.8, 4) is 67.3 Å². The van der Waals surface area contributed by atoms with E-state index in [-0.39, 0.29) is 0 Å². The van der Waals surface area contributed by atoms with Gasteiger partial charge in [0.15, 0.2) is 0 Å². The zero-order chi connectivity index (χ0) is 76.7. The second kappa shape index (κ2) is 23.8. The molecule has 1 aliphatic rings. The highest BCUT2D eigenvalue weighted by Gasteiger charge is 2.27. The fraction of sp³-hybridized carbons (Fsp3) is 0. The molecule has 0 bridgehead atoms. The number of hydrogen-bond donors (Lipinski definition) is 0. The van der Waals surface area contributed by atoms with Crippen molar-refractivity contribution in [3.63, 3.8) is 0 Å². The van der Waals surface area contributed by atoms with E-state index < -0.39 is 0 Å². The molecule has 0 aliphatic heterocycles. The number of para-hydroxylation sites is 6. The minimum atomic E-state index is 0.882. The average molecular weight is 1500 g/mol. The van der Waals surface area contributed by atoms with Gasteiger partial charge in [-0.3, -0.25) is 0 Å². The van der Waals surface area contributed by atoms with Gasteiger partial charge in [-0.15, -0.1) is 0 Å². The van der Waals surface area contributed by atoms with Crippen molar-refractivity contribution in [3.05, 3.63) is 376 Å². The first-order valence-electron chi connectivity index (χ1n) is 40.3. The van der Waals surface area contributed by atoms with Gasteiger partial charge in [-0.25, -0.2) is 0 Å². The van der Waals surface area contributed by atoms with Crippen molar-refractivity contribution >= 4 is 197 Å². The van der Waals surface area contributed by atoms with Crippen molar-refractivity contribution in [2.75, 3.05) is 0 Å². The van der Waals surface area contributed by atoms with Gasteiger partial charge >= 0.3 is 0 Å². The Kier molecular flexibility index (Phi) is 12.9. The predicted octanol–water partition coefficient (Wildman–Crippen LogP) is 30.6. The Bertz CT molecular complexity index is 9060. The number of furan rings is 4. The number of rotatable bonds is 6. The van der Waals surface area contributed by atoms with Gasteiger partial charge in [-0.05, 0) is 200 Å². The summed E-state index contributed by atoms with van der Waals surface area (Å²) in [7, 11) is 0. The monoisotopic (exact) mass is 1500 g/mol. The first-order chi connectivity index (χ1) is 58.5. The summed E-state index contributed by atoms with van der Waals surface area (Å²) in [6.45, 7) is 0. The smallest absolute Gasteiger partial charge is 0.137 e. The van der Waals surface area contributed by atoms with Gasteiger partial charge in [0, 0.05) is 133 Å². The minimum absolute atomic E-state index is 0.882. The van der Waals surface area contributed by atoms with Crippen LogP contribution in [0.4, 0.5) is 0 Å². The molecule has 0 N–H and O–H groups in total. The zero-order valence-electron chi connectivity index (χ0n) is 63.2. The molecule has 0 radical (unpaired) electrons. The average Bonchev–Trinajstić information content (AvgIpc) is 1.58. The first-order valence-corrected chi connectivity index (χ1v) is 40.3. The fourth-order valence-electron chi connectivity index (χ4n) is 20.2. The van der Waals surface area contributed by atoms with E-state index in [0.717, 1.165) is 166 Å². The van der Waals surface area contributed by atoms with Crippen molar-refractivity contribution in [1.29, 1.82) is 0 Å². The van der Waals surface area contributed by atoms with E-state index in [1.54, 1.807) is 0 Å².